The van der Waals surface area contributed by atoms with E-state index in [2.05, 4.69) is 33.9 Å². The maximum atomic E-state index is 8.56. The van der Waals surface area contributed by atoms with Crippen LogP contribution in [0.25, 0.3) is 0 Å². The summed E-state index contributed by atoms with van der Waals surface area (Å²) in [6.45, 7) is 12.1. The molecule has 0 unspecified atom stereocenters. The number of hydrogen-bond donors (Lipinski definition) is 1. The van der Waals surface area contributed by atoms with Crippen LogP contribution in [0.5, 0.6) is 0 Å². The quantitative estimate of drug-likeness (QED) is 0.341. The van der Waals surface area contributed by atoms with Crippen LogP contribution in [-0.4, -0.2) is 31.7 Å². The molecule has 0 bridgehead atoms. The van der Waals surface area contributed by atoms with Gasteiger partial charge in [0.2, 0.25) is 0 Å². The van der Waals surface area contributed by atoms with Crippen LogP contribution >= 0.6 is 21.6 Å². The molecule has 0 aromatic carbocycles. The summed E-state index contributed by atoms with van der Waals surface area (Å²) in [6, 6.07) is 0. The lowest BCUT2D eigenvalue weighted by atomic mass is 10.2. The zero-order valence-corrected chi connectivity index (χ0v) is 12.4. The molecular weight excluding hydrogens is 232 g/mol. The van der Waals surface area contributed by atoms with Crippen molar-refractivity contribution in [1.82, 2.24) is 0 Å². The Balaban J connectivity index is 3.67. The highest BCUT2D eigenvalue weighted by Crippen LogP contribution is 2.36. The third-order valence-electron chi connectivity index (χ3n) is 2.57. The fourth-order valence-corrected chi connectivity index (χ4v) is 2.96. The minimum absolute atomic E-state index is 0.185. The predicted molar refractivity (Wildman–Crippen MR) is 70.3 cm³/mol. The summed E-state index contributed by atoms with van der Waals surface area (Å²) in [7, 11) is 1.59. The normalized spacial score (nSPS) is 13.3. The summed E-state index contributed by atoms with van der Waals surface area (Å²) in [5.41, 5.74) is 0. The van der Waals surface area contributed by atoms with E-state index >= 15 is 0 Å². The van der Waals surface area contributed by atoms with Crippen molar-refractivity contribution in [2.45, 2.75) is 38.9 Å². The maximum absolute atomic E-state index is 8.56. The largest absolute Gasteiger partial charge is 0.416 e. The van der Waals surface area contributed by atoms with Crippen LogP contribution in [0.15, 0.2) is 0 Å². The molecule has 86 valence electrons. The van der Waals surface area contributed by atoms with Crippen LogP contribution in [0.3, 0.4) is 0 Å². The first-order chi connectivity index (χ1) is 6.31. The van der Waals surface area contributed by atoms with E-state index in [9.17, 15) is 0 Å². The highest BCUT2D eigenvalue weighted by atomic mass is 33.1. The Kier molecular flexibility index (Phi) is 6.81. The van der Waals surface area contributed by atoms with E-state index in [1.807, 2.05) is 0 Å². The molecule has 14 heavy (non-hydrogen) atoms. The highest BCUT2D eigenvalue weighted by Gasteiger charge is 2.36. The lowest BCUT2D eigenvalue weighted by Crippen LogP contribution is -2.41. The van der Waals surface area contributed by atoms with Gasteiger partial charge in [0, 0.05) is 12.4 Å². The van der Waals surface area contributed by atoms with Crippen LogP contribution in [0.4, 0.5) is 0 Å². The number of rotatable bonds is 6. The molecular formula is C9H22O2S2Si. The molecule has 0 aliphatic carbocycles. The summed E-state index contributed by atoms with van der Waals surface area (Å²) in [5, 5.41) is 8.86. The van der Waals surface area contributed by atoms with Gasteiger partial charge in [0.05, 0.1) is 5.94 Å². The summed E-state index contributed by atoms with van der Waals surface area (Å²) >= 11 is 0. The number of aliphatic hydroxyl groups is 1. The second-order valence-corrected chi connectivity index (χ2v) is 12.0. The fraction of sp³-hybridized carbons (Fsp3) is 1.00. The standard InChI is InChI=1S/C9H22O2S2Si/c1-9(2,3)14(4,5)11-6-7-12-13-8-10/h10H,6-8H2,1-5H3. The van der Waals surface area contributed by atoms with E-state index in [0.717, 1.165) is 12.4 Å². The number of aliphatic hydroxyl groups excluding tert-OH is 1. The summed E-state index contributed by atoms with van der Waals surface area (Å²) < 4.78 is 5.96. The molecule has 0 heterocycles. The van der Waals surface area contributed by atoms with Crippen molar-refractivity contribution < 1.29 is 9.53 Å². The molecule has 0 fully saturated rings. The van der Waals surface area contributed by atoms with Crippen molar-refractivity contribution in [3.05, 3.63) is 0 Å². The minimum Gasteiger partial charge on any atom is -0.416 e. The van der Waals surface area contributed by atoms with E-state index in [1.165, 1.54) is 10.8 Å². The second-order valence-electron chi connectivity index (χ2n) is 4.68. The SMILES string of the molecule is CC(C)(C)[Si](C)(C)OCCSSCO. The van der Waals surface area contributed by atoms with Crippen LogP contribution in [0, 0.1) is 0 Å². The minimum atomic E-state index is -1.55. The van der Waals surface area contributed by atoms with Gasteiger partial charge in [-0.25, -0.2) is 0 Å². The Morgan fingerprint density at radius 3 is 2.21 bits per heavy atom. The lowest BCUT2D eigenvalue weighted by Gasteiger charge is -2.36. The maximum Gasteiger partial charge on any atom is 0.192 e. The molecule has 0 atom stereocenters. The monoisotopic (exact) mass is 254 g/mol. The van der Waals surface area contributed by atoms with Gasteiger partial charge in [-0.3, -0.25) is 0 Å². The van der Waals surface area contributed by atoms with Gasteiger partial charge in [0.15, 0.2) is 8.32 Å². The topological polar surface area (TPSA) is 29.5 Å². The fourth-order valence-electron chi connectivity index (χ4n) is 0.644. The van der Waals surface area contributed by atoms with Crippen LogP contribution in [0.2, 0.25) is 18.1 Å². The zero-order valence-electron chi connectivity index (χ0n) is 9.79. The Labute approximate surface area is 96.7 Å². The first-order valence-electron chi connectivity index (χ1n) is 4.80. The molecule has 0 aliphatic heterocycles. The van der Waals surface area contributed by atoms with Crippen molar-refractivity contribution in [3.8, 4) is 0 Å². The van der Waals surface area contributed by atoms with E-state index in [-0.39, 0.29) is 5.94 Å². The molecule has 0 saturated heterocycles. The third-order valence-corrected chi connectivity index (χ3v) is 9.03. The van der Waals surface area contributed by atoms with Gasteiger partial charge >= 0.3 is 0 Å². The van der Waals surface area contributed by atoms with Crippen molar-refractivity contribution in [3.63, 3.8) is 0 Å². The number of hydrogen-bond acceptors (Lipinski definition) is 4. The third kappa shape index (κ3) is 5.65. The lowest BCUT2D eigenvalue weighted by molar-refractivity contribution is 0.311. The van der Waals surface area contributed by atoms with Gasteiger partial charge in [-0.05, 0) is 18.1 Å². The van der Waals surface area contributed by atoms with Crippen molar-refractivity contribution in [1.29, 1.82) is 0 Å². The molecule has 0 aromatic heterocycles. The van der Waals surface area contributed by atoms with Gasteiger partial charge < -0.3 is 9.53 Å². The smallest absolute Gasteiger partial charge is 0.192 e. The molecule has 0 saturated carbocycles. The molecule has 2 nitrogen and oxygen atoms in total. The summed E-state index contributed by atoms with van der Waals surface area (Å²) in [5.74, 6) is 1.14. The van der Waals surface area contributed by atoms with Gasteiger partial charge in [-0.1, -0.05) is 42.4 Å². The highest BCUT2D eigenvalue weighted by molar-refractivity contribution is 8.76. The molecule has 0 rings (SSSR count). The molecule has 0 radical (unpaired) electrons. The van der Waals surface area contributed by atoms with Gasteiger partial charge in [-0.15, -0.1) is 0 Å². The first kappa shape index (κ1) is 14.8. The van der Waals surface area contributed by atoms with Crippen LogP contribution < -0.4 is 0 Å². The Hall–Kier alpha value is 0.837. The zero-order chi connectivity index (χ0) is 11.2. The summed E-state index contributed by atoms with van der Waals surface area (Å²) in [6.07, 6.45) is 0. The van der Waals surface area contributed by atoms with Gasteiger partial charge in [-0.2, -0.15) is 0 Å². The summed E-state index contributed by atoms with van der Waals surface area (Å²) in [4.78, 5) is 0. The van der Waals surface area contributed by atoms with E-state index in [4.69, 9.17) is 9.53 Å². The van der Waals surface area contributed by atoms with E-state index < -0.39 is 8.32 Å². The van der Waals surface area contributed by atoms with Crippen molar-refractivity contribution in [2.75, 3.05) is 18.3 Å². The predicted octanol–water partition coefficient (Wildman–Crippen LogP) is 3.34. The average molecular weight is 254 g/mol. The Bertz CT molecular complexity index is 157. The van der Waals surface area contributed by atoms with Crippen LogP contribution in [0.1, 0.15) is 20.8 Å². The van der Waals surface area contributed by atoms with E-state index in [0.29, 0.717) is 5.04 Å². The first-order valence-corrected chi connectivity index (χ1v) is 10.2. The van der Waals surface area contributed by atoms with Gasteiger partial charge in [0.1, 0.15) is 0 Å². The molecule has 0 aliphatic rings. The molecule has 1 N–H and O–H groups in total. The molecule has 5 heteroatoms. The van der Waals surface area contributed by atoms with Gasteiger partial charge in [0.25, 0.3) is 0 Å². The van der Waals surface area contributed by atoms with E-state index in [1.54, 1.807) is 10.8 Å². The second kappa shape index (κ2) is 6.43. The van der Waals surface area contributed by atoms with Crippen LogP contribution in [-0.2, 0) is 4.43 Å². The molecule has 0 amide bonds. The molecule has 0 aromatic rings. The average Bonchev–Trinajstić information content (AvgIpc) is 2.02. The van der Waals surface area contributed by atoms with Crippen molar-refractivity contribution >= 4 is 29.9 Å². The molecule has 0 spiro atoms. The van der Waals surface area contributed by atoms with Crippen molar-refractivity contribution in [2.24, 2.45) is 0 Å². The Morgan fingerprint density at radius 2 is 1.79 bits per heavy atom. The Morgan fingerprint density at radius 1 is 1.21 bits per heavy atom.